The van der Waals surface area contributed by atoms with Gasteiger partial charge in [0.05, 0.1) is 5.60 Å². The first-order chi connectivity index (χ1) is 6.23. The van der Waals surface area contributed by atoms with Gasteiger partial charge in [-0.2, -0.15) is 0 Å². The summed E-state index contributed by atoms with van der Waals surface area (Å²) < 4.78 is 0. The Bertz CT molecular complexity index is 173. The molecule has 0 radical (unpaired) electrons. The Labute approximate surface area is 80.7 Å². The predicted molar refractivity (Wildman–Crippen MR) is 53.6 cm³/mol. The van der Waals surface area contributed by atoms with Gasteiger partial charge in [-0.25, -0.2) is 0 Å². The minimum Gasteiger partial charge on any atom is -0.389 e. The first kappa shape index (κ1) is 9.47. The van der Waals surface area contributed by atoms with Crippen molar-refractivity contribution in [1.82, 2.24) is 5.32 Å². The summed E-state index contributed by atoms with van der Waals surface area (Å²) >= 11 is 0. The highest BCUT2D eigenvalue weighted by Crippen LogP contribution is 2.35. The summed E-state index contributed by atoms with van der Waals surface area (Å²) in [5, 5.41) is 13.4. The quantitative estimate of drug-likeness (QED) is 0.679. The fourth-order valence-electron chi connectivity index (χ4n) is 2.23. The van der Waals surface area contributed by atoms with Crippen LogP contribution in [0, 0.1) is 5.92 Å². The molecule has 0 saturated heterocycles. The molecule has 0 amide bonds. The molecule has 0 spiro atoms. The molecule has 0 aliphatic heterocycles. The topological polar surface area (TPSA) is 32.3 Å². The molecule has 1 unspecified atom stereocenters. The van der Waals surface area contributed by atoms with Crippen LogP contribution in [0.1, 0.15) is 45.4 Å². The van der Waals surface area contributed by atoms with E-state index in [2.05, 4.69) is 12.2 Å². The van der Waals surface area contributed by atoms with Crippen molar-refractivity contribution in [2.75, 3.05) is 6.54 Å². The average molecular weight is 183 g/mol. The molecule has 0 aromatic rings. The van der Waals surface area contributed by atoms with Gasteiger partial charge in [-0.05, 0) is 44.4 Å². The van der Waals surface area contributed by atoms with Crippen LogP contribution in [-0.4, -0.2) is 23.3 Å². The summed E-state index contributed by atoms with van der Waals surface area (Å²) in [6, 6.07) is 0.671. The molecule has 76 valence electrons. The minimum atomic E-state index is -0.345. The molecule has 2 fully saturated rings. The number of rotatable bonds is 5. The van der Waals surface area contributed by atoms with Gasteiger partial charge >= 0.3 is 0 Å². The predicted octanol–water partition coefficient (Wildman–Crippen LogP) is 1.68. The molecular formula is C11H21NO. The van der Waals surface area contributed by atoms with Crippen LogP contribution in [0.3, 0.4) is 0 Å². The van der Waals surface area contributed by atoms with E-state index in [9.17, 15) is 5.11 Å². The van der Waals surface area contributed by atoms with Crippen LogP contribution < -0.4 is 5.32 Å². The maximum atomic E-state index is 9.89. The zero-order chi connectivity index (χ0) is 9.31. The molecular weight excluding hydrogens is 162 g/mol. The fraction of sp³-hybridized carbons (Fsp3) is 1.00. The van der Waals surface area contributed by atoms with Crippen molar-refractivity contribution in [2.45, 2.75) is 57.1 Å². The number of hydrogen-bond acceptors (Lipinski definition) is 2. The van der Waals surface area contributed by atoms with Gasteiger partial charge in [0.1, 0.15) is 0 Å². The standard InChI is InChI=1S/C11H21NO/c1-2-10(9-4-5-9)12-8-11(13)6-3-7-11/h9-10,12-13H,2-8H2,1H3. The van der Waals surface area contributed by atoms with E-state index in [1.165, 1.54) is 25.7 Å². The van der Waals surface area contributed by atoms with E-state index in [1.807, 2.05) is 0 Å². The van der Waals surface area contributed by atoms with Crippen molar-refractivity contribution in [2.24, 2.45) is 5.92 Å². The van der Waals surface area contributed by atoms with Crippen molar-refractivity contribution in [1.29, 1.82) is 0 Å². The molecule has 2 aliphatic carbocycles. The van der Waals surface area contributed by atoms with Crippen molar-refractivity contribution >= 4 is 0 Å². The summed E-state index contributed by atoms with van der Waals surface area (Å²) in [5.74, 6) is 0.911. The van der Waals surface area contributed by atoms with E-state index in [1.54, 1.807) is 0 Å². The molecule has 0 heterocycles. The summed E-state index contributed by atoms with van der Waals surface area (Å²) in [5.41, 5.74) is -0.345. The molecule has 0 aromatic carbocycles. The van der Waals surface area contributed by atoms with Gasteiger partial charge in [-0.15, -0.1) is 0 Å². The van der Waals surface area contributed by atoms with Crippen LogP contribution in [-0.2, 0) is 0 Å². The van der Waals surface area contributed by atoms with E-state index < -0.39 is 0 Å². The summed E-state index contributed by atoms with van der Waals surface area (Å²) in [4.78, 5) is 0. The van der Waals surface area contributed by atoms with Gasteiger partial charge in [-0.1, -0.05) is 6.92 Å². The van der Waals surface area contributed by atoms with Crippen molar-refractivity contribution < 1.29 is 5.11 Å². The highest BCUT2D eigenvalue weighted by atomic mass is 16.3. The third-order valence-corrected chi connectivity index (χ3v) is 3.61. The van der Waals surface area contributed by atoms with Gasteiger partial charge in [0.15, 0.2) is 0 Å². The lowest BCUT2D eigenvalue weighted by Crippen LogP contribution is -2.49. The molecule has 2 saturated carbocycles. The van der Waals surface area contributed by atoms with Gasteiger partial charge < -0.3 is 10.4 Å². The maximum Gasteiger partial charge on any atom is 0.0771 e. The Hall–Kier alpha value is -0.0800. The minimum absolute atomic E-state index is 0.345. The van der Waals surface area contributed by atoms with Crippen LogP contribution in [0.15, 0.2) is 0 Å². The number of nitrogens with one attached hydrogen (secondary N) is 1. The molecule has 1 atom stereocenters. The third-order valence-electron chi connectivity index (χ3n) is 3.61. The van der Waals surface area contributed by atoms with E-state index in [0.29, 0.717) is 6.04 Å². The van der Waals surface area contributed by atoms with E-state index >= 15 is 0 Å². The van der Waals surface area contributed by atoms with Crippen molar-refractivity contribution in [3.63, 3.8) is 0 Å². The average Bonchev–Trinajstić information content (AvgIpc) is 2.86. The lowest BCUT2D eigenvalue weighted by Gasteiger charge is -2.38. The highest BCUT2D eigenvalue weighted by Gasteiger charge is 2.36. The Morgan fingerprint density at radius 3 is 2.54 bits per heavy atom. The fourth-order valence-corrected chi connectivity index (χ4v) is 2.23. The Morgan fingerprint density at radius 2 is 2.15 bits per heavy atom. The van der Waals surface area contributed by atoms with Gasteiger partial charge in [0.25, 0.3) is 0 Å². The molecule has 0 bridgehead atoms. The molecule has 2 aliphatic rings. The highest BCUT2D eigenvalue weighted by molar-refractivity contribution is 4.93. The largest absolute Gasteiger partial charge is 0.389 e. The van der Waals surface area contributed by atoms with Gasteiger partial charge in [0, 0.05) is 12.6 Å². The van der Waals surface area contributed by atoms with E-state index in [-0.39, 0.29) is 5.60 Å². The van der Waals surface area contributed by atoms with Gasteiger partial charge in [0.2, 0.25) is 0 Å². The molecule has 0 aromatic heterocycles. The zero-order valence-corrected chi connectivity index (χ0v) is 8.55. The first-order valence-corrected chi connectivity index (χ1v) is 5.69. The van der Waals surface area contributed by atoms with Crippen LogP contribution in [0.25, 0.3) is 0 Å². The second-order valence-electron chi connectivity index (χ2n) is 4.81. The lowest BCUT2D eigenvalue weighted by molar-refractivity contribution is -0.0337. The lowest BCUT2D eigenvalue weighted by atomic mass is 9.80. The number of hydrogen-bond donors (Lipinski definition) is 2. The summed E-state index contributed by atoms with van der Waals surface area (Å²) in [6.45, 7) is 3.06. The maximum absolute atomic E-state index is 9.89. The normalized spacial score (nSPS) is 28.2. The summed E-state index contributed by atoms with van der Waals surface area (Å²) in [7, 11) is 0. The summed E-state index contributed by atoms with van der Waals surface area (Å²) in [6.07, 6.45) is 7.20. The smallest absolute Gasteiger partial charge is 0.0771 e. The first-order valence-electron chi connectivity index (χ1n) is 5.69. The van der Waals surface area contributed by atoms with Crippen LogP contribution in [0.2, 0.25) is 0 Å². The Balaban J connectivity index is 1.70. The molecule has 2 nitrogen and oxygen atoms in total. The van der Waals surface area contributed by atoms with Crippen LogP contribution >= 0.6 is 0 Å². The second kappa shape index (κ2) is 3.58. The van der Waals surface area contributed by atoms with E-state index in [4.69, 9.17) is 0 Å². The monoisotopic (exact) mass is 183 g/mol. The Kier molecular flexibility index (Phi) is 2.61. The second-order valence-corrected chi connectivity index (χ2v) is 4.81. The van der Waals surface area contributed by atoms with Crippen LogP contribution in [0.5, 0.6) is 0 Å². The molecule has 2 rings (SSSR count). The van der Waals surface area contributed by atoms with Crippen molar-refractivity contribution in [3.8, 4) is 0 Å². The third kappa shape index (κ3) is 2.23. The number of aliphatic hydroxyl groups is 1. The molecule has 2 N–H and O–H groups in total. The van der Waals surface area contributed by atoms with Crippen molar-refractivity contribution in [3.05, 3.63) is 0 Å². The van der Waals surface area contributed by atoms with Crippen LogP contribution in [0.4, 0.5) is 0 Å². The zero-order valence-electron chi connectivity index (χ0n) is 8.55. The van der Waals surface area contributed by atoms with E-state index in [0.717, 1.165) is 25.3 Å². The molecule has 13 heavy (non-hydrogen) atoms. The Morgan fingerprint density at radius 1 is 1.46 bits per heavy atom. The van der Waals surface area contributed by atoms with Gasteiger partial charge in [-0.3, -0.25) is 0 Å². The molecule has 2 heteroatoms. The SMILES string of the molecule is CCC(NCC1(O)CCC1)C1CC1.